The summed E-state index contributed by atoms with van der Waals surface area (Å²) in [5.41, 5.74) is -0.566. The lowest BCUT2D eigenvalue weighted by molar-refractivity contribution is -0.158. The molecule has 1 atom stereocenters. The van der Waals surface area contributed by atoms with Gasteiger partial charge in [0.2, 0.25) is 0 Å². The lowest BCUT2D eigenvalue weighted by Crippen LogP contribution is -2.63. The largest absolute Gasteiger partial charge is 0.468 e. The Bertz CT molecular complexity index is 230. The molecule has 2 fully saturated rings. The van der Waals surface area contributed by atoms with Gasteiger partial charge in [0.15, 0.2) is 0 Å². The number of morpholine rings is 1. The second kappa shape index (κ2) is 4.49. The Morgan fingerprint density at radius 3 is 2.73 bits per heavy atom. The van der Waals surface area contributed by atoms with Crippen LogP contribution in [0.2, 0.25) is 0 Å². The van der Waals surface area contributed by atoms with Crippen LogP contribution in [0.3, 0.4) is 0 Å². The topological polar surface area (TPSA) is 47.6 Å². The number of methoxy groups -OCH3 is 1. The predicted octanol–water partition coefficient (Wildman–Crippen LogP) is 0.708. The number of hydrogen-bond acceptors (Lipinski definition) is 4. The lowest BCUT2D eigenvalue weighted by atomic mass is 9.82. The van der Waals surface area contributed by atoms with Crippen molar-refractivity contribution in [1.29, 1.82) is 0 Å². The first kappa shape index (κ1) is 10.9. The fraction of sp³-hybridized carbons (Fsp3) is 0.909. The van der Waals surface area contributed by atoms with Gasteiger partial charge < -0.3 is 9.47 Å². The summed E-state index contributed by atoms with van der Waals surface area (Å²) < 4.78 is 10.4. The maximum absolute atomic E-state index is 11.9. The average molecular weight is 213 g/mol. The first-order valence-corrected chi connectivity index (χ1v) is 5.71. The van der Waals surface area contributed by atoms with Gasteiger partial charge in [0.25, 0.3) is 0 Å². The highest BCUT2D eigenvalue weighted by Crippen LogP contribution is 2.36. The van der Waals surface area contributed by atoms with Crippen molar-refractivity contribution in [2.75, 3.05) is 26.9 Å². The molecule has 1 unspecified atom stereocenters. The van der Waals surface area contributed by atoms with Gasteiger partial charge in [-0.05, 0) is 18.8 Å². The molecule has 1 aliphatic heterocycles. The van der Waals surface area contributed by atoms with Crippen LogP contribution < -0.4 is 5.32 Å². The third kappa shape index (κ3) is 1.88. The van der Waals surface area contributed by atoms with Gasteiger partial charge in [-0.2, -0.15) is 0 Å². The first-order valence-electron chi connectivity index (χ1n) is 5.71. The molecule has 4 nitrogen and oxygen atoms in total. The van der Waals surface area contributed by atoms with Gasteiger partial charge in [-0.1, -0.05) is 12.8 Å². The van der Waals surface area contributed by atoms with Gasteiger partial charge in [0.05, 0.1) is 20.3 Å². The molecule has 0 aromatic heterocycles. The third-order valence-corrected chi connectivity index (χ3v) is 3.62. The molecular weight excluding hydrogens is 194 g/mol. The molecule has 1 saturated carbocycles. The van der Waals surface area contributed by atoms with Crippen molar-refractivity contribution in [2.24, 2.45) is 5.92 Å². The standard InChI is InChI=1S/C11H19NO3/c1-14-10(13)11(8-15-7-6-12-11)9-4-2-3-5-9/h9,12H,2-8H2,1H3. The van der Waals surface area contributed by atoms with Crippen molar-refractivity contribution in [3.8, 4) is 0 Å². The van der Waals surface area contributed by atoms with Gasteiger partial charge in [-0.3, -0.25) is 5.32 Å². The third-order valence-electron chi connectivity index (χ3n) is 3.62. The van der Waals surface area contributed by atoms with Crippen molar-refractivity contribution in [2.45, 2.75) is 31.2 Å². The molecule has 1 aliphatic carbocycles. The summed E-state index contributed by atoms with van der Waals surface area (Å²) >= 11 is 0. The van der Waals surface area contributed by atoms with E-state index >= 15 is 0 Å². The lowest BCUT2D eigenvalue weighted by Gasteiger charge is -2.39. The Hall–Kier alpha value is -0.610. The average Bonchev–Trinajstić information content (AvgIpc) is 2.83. The Labute approximate surface area is 90.3 Å². The maximum Gasteiger partial charge on any atom is 0.328 e. The Kier molecular flexibility index (Phi) is 3.26. The van der Waals surface area contributed by atoms with Gasteiger partial charge in [0.1, 0.15) is 5.54 Å². The minimum atomic E-state index is -0.566. The molecule has 0 radical (unpaired) electrons. The van der Waals surface area contributed by atoms with E-state index in [1.807, 2.05) is 0 Å². The molecule has 2 rings (SSSR count). The zero-order valence-electron chi connectivity index (χ0n) is 9.25. The SMILES string of the molecule is COC(=O)C1(C2CCCC2)COCCN1. The summed E-state index contributed by atoms with van der Waals surface area (Å²) in [6, 6.07) is 0. The summed E-state index contributed by atoms with van der Waals surface area (Å²) in [5, 5.41) is 3.33. The Morgan fingerprint density at radius 2 is 2.20 bits per heavy atom. The summed E-state index contributed by atoms with van der Waals surface area (Å²) in [7, 11) is 1.45. The minimum Gasteiger partial charge on any atom is -0.468 e. The molecule has 2 aliphatic rings. The van der Waals surface area contributed by atoms with Crippen LogP contribution in [-0.4, -0.2) is 38.4 Å². The maximum atomic E-state index is 11.9. The predicted molar refractivity (Wildman–Crippen MR) is 55.5 cm³/mol. The molecule has 0 aromatic carbocycles. The number of ether oxygens (including phenoxy) is 2. The van der Waals surface area contributed by atoms with Crippen LogP contribution >= 0.6 is 0 Å². The second-order valence-corrected chi connectivity index (χ2v) is 4.42. The molecular formula is C11H19NO3. The molecule has 1 heterocycles. The van der Waals surface area contributed by atoms with Crippen molar-refractivity contribution in [3.63, 3.8) is 0 Å². The van der Waals surface area contributed by atoms with E-state index in [1.165, 1.54) is 20.0 Å². The number of esters is 1. The molecule has 0 amide bonds. The molecule has 1 N–H and O–H groups in total. The number of rotatable bonds is 2. The summed E-state index contributed by atoms with van der Waals surface area (Å²) in [4.78, 5) is 11.9. The zero-order chi connectivity index (χ0) is 10.7. The van der Waals surface area contributed by atoms with Crippen LogP contribution in [0.1, 0.15) is 25.7 Å². The molecule has 0 bridgehead atoms. The van der Waals surface area contributed by atoms with E-state index in [-0.39, 0.29) is 5.97 Å². The zero-order valence-corrected chi connectivity index (χ0v) is 9.25. The first-order chi connectivity index (χ1) is 7.29. The summed E-state index contributed by atoms with van der Waals surface area (Å²) in [6.45, 7) is 1.89. The van der Waals surface area contributed by atoms with E-state index in [4.69, 9.17) is 9.47 Å². The highest BCUT2D eigenvalue weighted by atomic mass is 16.5. The van der Waals surface area contributed by atoms with Crippen LogP contribution in [0.25, 0.3) is 0 Å². The van der Waals surface area contributed by atoms with Crippen LogP contribution in [0.5, 0.6) is 0 Å². The normalized spacial score (nSPS) is 32.9. The van der Waals surface area contributed by atoms with E-state index in [0.717, 1.165) is 19.4 Å². The van der Waals surface area contributed by atoms with Gasteiger partial charge in [-0.25, -0.2) is 4.79 Å². The van der Waals surface area contributed by atoms with Gasteiger partial charge in [0, 0.05) is 6.54 Å². The van der Waals surface area contributed by atoms with Crippen LogP contribution in [-0.2, 0) is 14.3 Å². The molecule has 0 aromatic rings. The molecule has 15 heavy (non-hydrogen) atoms. The van der Waals surface area contributed by atoms with Crippen LogP contribution in [0.15, 0.2) is 0 Å². The highest BCUT2D eigenvalue weighted by Gasteiger charge is 2.48. The van der Waals surface area contributed by atoms with Crippen LogP contribution in [0.4, 0.5) is 0 Å². The second-order valence-electron chi connectivity index (χ2n) is 4.42. The van der Waals surface area contributed by atoms with E-state index in [0.29, 0.717) is 19.1 Å². The van der Waals surface area contributed by atoms with Gasteiger partial charge in [-0.15, -0.1) is 0 Å². The summed E-state index contributed by atoms with van der Waals surface area (Å²) in [5.74, 6) is 0.222. The fourth-order valence-corrected chi connectivity index (χ4v) is 2.79. The van der Waals surface area contributed by atoms with E-state index in [1.54, 1.807) is 0 Å². The minimum absolute atomic E-state index is 0.158. The molecule has 0 spiro atoms. The number of nitrogens with one attached hydrogen (secondary N) is 1. The van der Waals surface area contributed by atoms with E-state index in [9.17, 15) is 4.79 Å². The quantitative estimate of drug-likeness (QED) is 0.686. The monoisotopic (exact) mass is 213 g/mol. The highest BCUT2D eigenvalue weighted by molar-refractivity contribution is 5.81. The fourth-order valence-electron chi connectivity index (χ4n) is 2.79. The number of carbonyl (C=O) groups is 1. The Morgan fingerprint density at radius 1 is 1.47 bits per heavy atom. The number of carbonyl (C=O) groups excluding carboxylic acids is 1. The Balaban J connectivity index is 2.16. The van der Waals surface area contributed by atoms with E-state index < -0.39 is 5.54 Å². The molecule has 4 heteroatoms. The van der Waals surface area contributed by atoms with Gasteiger partial charge >= 0.3 is 5.97 Å². The van der Waals surface area contributed by atoms with Crippen LogP contribution in [0, 0.1) is 5.92 Å². The summed E-state index contributed by atoms with van der Waals surface area (Å²) in [6.07, 6.45) is 4.63. The number of hydrogen-bond donors (Lipinski definition) is 1. The van der Waals surface area contributed by atoms with Crippen molar-refractivity contribution < 1.29 is 14.3 Å². The smallest absolute Gasteiger partial charge is 0.328 e. The molecule has 86 valence electrons. The van der Waals surface area contributed by atoms with Crippen molar-refractivity contribution >= 4 is 5.97 Å². The molecule has 1 saturated heterocycles. The van der Waals surface area contributed by atoms with Crippen molar-refractivity contribution in [1.82, 2.24) is 5.32 Å². The van der Waals surface area contributed by atoms with E-state index in [2.05, 4.69) is 5.32 Å². The van der Waals surface area contributed by atoms with Crippen molar-refractivity contribution in [3.05, 3.63) is 0 Å².